The largest absolute Gasteiger partial charge is 0.478 e. The zero-order valence-corrected chi connectivity index (χ0v) is 15.4. The minimum absolute atomic E-state index is 0. The molecular weight excluding hydrogens is 369 g/mol. The van der Waals surface area contributed by atoms with E-state index < -0.39 is 5.97 Å². The first-order chi connectivity index (χ1) is 11.0. The van der Waals surface area contributed by atoms with E-state index in [2.05, 4.69) is 5.32 Å². The summed E-state index contributed by atoms with van der Waals surface area (Å²) >= 11 is 12.2. The van der Waals surface area contributed by atoms with E-state index in [1.807, 2.05) is 25.2 Å². The second-order valence-corrected chi connectivity index (χ2v) is 6.61. The highest BCUT2D eigenvalue weighted by atomic mass is 35.5. The zero-order valence-electron chi connectivity index (χ0n) is 13.1. The Morgan fingerprint density at radius 2 is 1.83 bits per heavy atom. The molecule has 0 fully saturated rings. The first-order valence-electron chi connectivity index (χ1n) is 7.50. The van der Waals surface area contributed by atoms with E-state index in [0.29, 0.717) is 15.6 Å². The van der Waals surface area contributed by atoms with Crippen LogP contribution in [0.15, 0.2) is 36.4 Å². The Morgan fingerprint density at radius 1 is 1.08 bits per heavy atom. The first-order valence-corrected chi connectivity index (χ1v) is 8.26. The normalized spacial score (nSPS) is 19.3. The van der Waals surface area contributed by atoms with E-state index in [0.717, 1.165) is 29.5 Å². The van der Waals surface area contributed by atoms with Gasteiger partial charge in [0.05, 0.1) is 15.6 Å². The monoisotopic (exact) mass is 385 g/mol. The molecule has 2 aromatic rings. The van der Waals surface area contributed by atoms with Gasteiger partial charge in [0.2, 0.25) is 0 Å². The van der Waals surface area contributed by atoms with Gasteiger partial charge in [0.25, 0.3) is 0 Å². The lowest BCUT2D eigenvalue weighted by atomic mass is 9.76. The predicted molar refractivity (Wildman–Crippen MR) is 100.0 cm³/mol. The van der Waals surface area contributed by atoms with Crippen molar-refractivity contribution in [2.24, 2.45) is 0 Å². The lowest BCUT2D eigenvalue weighted by Crippen LogP contribution is -2.24. The number of hydrogen-bond acceptors (Lipinski definition) is 2. The second kappa shape index (κ2) is 7.75. The second-order valence-electron chi connectivity index (χ2n) is 5.79. The highest BCUT2D eigenvalue weighted by Crippen LogP contribution is 2.42. The van der Waals surface area contributed by atoms with Gasteiger partial charge in [-0.05, 0) is 60.8 Å². The van der Waals surface area contributed by atoms with Gasteiger partial charge >= 0.3 is 5.97 Å². The molecule has 6 heteroatoms. The molecule has 0 amide bonds. The summed E-state index contributed by atoms with van der Waals surface area (Å²) in [5.41, 5.74) is 3.58. The van der Waals surface area contributed by atoms with Crippen LogP contribution in [0.5, 0.6) is 0 Å². The minimum Gasteiger partial charge on any atom is -0.478 e. The number of halogens is 3. The van der Waals surface area contributed by atoms with Gasteiger partial charge in [0.15, 0.2) is 0 Å². The first kappa shape index (κ1) is 19.1. The summed E-state index contributed by atoms with van der Waals surface area (Å²) in [5, 5.41) is 13.6. The smallest absolute Gasteiger partial charge is 0.335 e. The number of hydrogen-bond donors (Lipinski definition) is 2. The molecule has 128 valence electrons. The Labute approximate surface area is 157 Å². The highest BCUT2D eigenvalue weighted by molar-refractivity contribution is 6.42. The fraction of sp³-hybridized carbons (Fsp3) is 0.278. The quantitative estimate of drug-likeness (QED) is 0.752. The van der Waals surface area contributed by atoms with Crippen LogP contribution in [0.4, 0.5) is 0 Å². The summed E-state index contributed by atoms with van der Waals surface area (Å²) in [6.07, 6.45) is 1.92. The molecule has 0 aliphatic heterocycles. The summed E-state index contributed by atoms with van der Waals surface area (Å²) in [6.45, 7) is 0. The van der Waals surface area contributed by atoms with Crippen molar-refractivity contribution in [3.8, 4) is 0 Å². The van der Waals surface area contributed by atoms with Crippen molar-refractivity contribution in [2.75, 3.05) is 7.05 Å². The number of fused-ring (bicyclic) bond motifs is 1. The number of rotatable bonds is 3. The summed E-state index contributed by atoms with van der Waals surface area (Å²) in [7, 11) is 1.93. The topological polar surface area (TPSA) is 49.3 Å². The molecule has 2 N–H and O–H groups in total. The van der Waals surface area contributed by atoms with Gasteiger partial charge in [0, 0.05) is 12.0 Å². The molecule has 1 unspecified atom stereocenters. The van der Waals surface area contributed by atoms with Gasteiger partial charge in [0.1, 0.15) is 0 Å². The SMILES string of the molecule is CN[C@H]1CCC(c2ccc(Cl)c(Cl)c2)c2cc(C(=O)O)ccc21.Cl. The minimum atomic E-state index is -0.910. The van der Waals surface area contributed by atoms with Gasteiger partial charge in [-0.25, -0.2) is 4.79 Å². The molecule has 0 radical (unpaired) electrons. The average molecular weight is 387 g/mol. The molecule has 24 heavy (non-hydrogen) atoms. The van der Waals surface area contributed by atoms with Crippen molar-refractivity contribution >= 4 is 41.6 Å². The van der Waals surface area contributed by atoms with Crippen molar-refractivity contribution in [3.63, 3.8) is 0 Å². The van der Waals surface area contributed by atoms with E-state index >= 15 is 0 Å². The predicted octanol–water partition coefficient (Wildman–Crippen LogP) is 5.30. The van der Waals surface area contributed by atoms with E-state index in [1.165, 1.54) is 0 Å². The molecule has 2 aromatic carbocycles. The van der Waals surface area contributed by atoms with Crippen molar-refractivity contribution in [2.45, 2.75) is 24.8 Å². The third-order valence-corrected chi connectivity index (χ3v) is 5.26. The third-order valence-electron chi connectivity index (χ3n) is 4.52. The molecule has 3 rings (SSSR count). The average Bonchev–Trinajstić information content (AvgIpc) is 2.55. The molecule has 0 spiro atoms. The Bertz CT molecular complexity index is 764. The Balaban J connectivity index is 0.00000208. The summed E-state index contributed by atoms with van der Waals surface area (Å²) in [4.78, 5) is 11.3. The Morgan fingerprint density at radius 3 is 2.46 bits per heavy atom. The van der Waals surface area contributed by atoms with Crippen LogP contribution in [-0.2, 0) is 0 Å². The number of carboxylic acid groups (broad SMARTS) is 1. The van der Waals surface area contributed by atoms with Crippen LogP contribution in [-0.4, -0.2) is 18.1 Å². The van der Waals surface area contributed by atoms with Crippen LogP contribution in [0.3, 0.4) is 0 Å². The summed E-state index contributed by atoms with van der Waals surface area (Å²) in [6, 6.07) is 11.3. The maximum Gasteiger partial charge on any atom is 0.335 e. The van der Waals surface area contributed by atoms with Crippen molar-refractivity contribution in [1.29, 1.82) is 0 Å². The molecule has 1 aliphatic carbocycles. The van der Waals surface area contributed by atoms with Crippen LogP contribution in [0.25, 0.3) is 0 Å². The molecule has 0 heterocycles. The fourth-order valence-electron chi connectivity index (χ4n) is 3.35. The van der Waals surface area contributed by atoms with Crippen LogP contribution < -0.4 is 5.32 Å². The van der Waals surface area contributed by atoms with Crippen molar-refractivity contribution in [3.05, 3.63) is 68.7 Å². The van der Waals surface area contributed by atoms with Gasteiger partial charge in [-0.3, -0.25) is 0 Å². The molecule has 0 aromatic heterocycles. The molecule has 0 bridgehead atoms. The van der Waals surface area contributed by atoms with E-state index in [-0.39, 0.29) is 24.4 Å². The lowest BCUT2D eigenvalue weighted by Gasteiger charge is -2.32. The molecular formula is C18H18Cl3NO2. The third kappa shape index (κ3) is 3.55. The Hall–Kier alpha value is -1.26. The number of benzene rings is 2. The van der Waals surface area contributed by atoms with Crippen molar-refractivity contribution in [1.82, 2.24) is 5.32 Å². The van der Waals surface area contributed by atoms with Gasteiger partial charge in [-0.15, -0.1) is 12.4 Å². The zero-order chi connectivity index (χ0) is 16.6. The maximum absolute atomic E-state index is 11.3. The molecule has 1 aliphatic rings. The fourth-order valence-corrected chi connectivity index (χ4v) is 3.65. The van der Waals surface area contributed by atoms with Crippen LogP contribution >= 0.6 is 35.6 Å². The number of carbonyl (C=O) groups is 1. The number of carboxylic acids is 1. The summed E-state index contributed by atoms with van der Waals surface area (Å²) < 4.78 is 0. The van der Waals surface area contributed by atoms with Crippen molar-refractivity contribution < 1.29 is 9.90 Å². The highest BCUT2D eigenvalue weighted by Gasteiger charge is 2.28. The van der Waals surface area contributed by atoms with Crippen LogP contribution in [0.2, 0.25) is 10.0 Å². The number of nitrogens with one attached hydrogen (secondary N) is 1. The van der Waals surface area contributed by atoms with Gasteiger partial charge in [-0.1, -0.05) is 35.3 Å². The van der Waals surface area contributed by atoms with E-state index in [9.17, 15) is 9.90 Å². The lowest BCUT2D eigenvalue weighted by molar-refractivity contribution is 0.0696. The van der Waals surface area contributed by atoms with Crippen LogP contribution in [0.1, 0.15) is 51.8 Å². The molecule has 0 saturated heterocycles. The maximum atomic E-state index is 11.3. The van der Waals surface area contributed by atoms with E-state index in [4.69, 9.17) is 23.2 Å². The standard InChI is InChI=1S/C18H17Cl2NO2.ClH/c1-21-17-7-5-12(10-3-6-15(19)16(20)9-10)14-8-11(18(22)23)2-4-13(14)17;/h2-4,6,8-9,12,17,21H,5,7H2,1H3,(H,22,23);1H/t12?,17-;/m0./s1. The molecule has 3 nitrogen and oxygen atoms in total. The van der Waals surface area contributed by atoms with Crippen LogP contribution in [0, 0.1) is 0 Å². The Kier molecular flexibility index (Phi) is 6.16. The van der Waals surface area contributed by atoms with Gasteiger partial charge in [-0.2, -0.15) is 0 Å². The van der Waals surface area contributed by atoms with Gasteiger partial charge < -0.3 is 10.4 Å². The van der Waals surface area contributed by atoms with E-state index in [1.54, 1.807) is 18.2 Å². The molecule has 0 saturated carbocycles. The number of aromatic carboxylic acids is 1. The molecule has 2 atom stereocenters. The summed E-state index contributed by atoms with van der Waals surface area (Å²) in [5.74, 6) is -0.782.